The molecule has 37 heavy (non-hydrogen) atoms. The Labute approximate surface area is 214 Å². The first-order chi connectivity index (χ1) is 17.9. The van der Waals surface area contributed by atoms with E-state index < -0.39 is 20.9 Å². The molecule has 2 aromatic carbocycles. The number of sulfone groups is 1. The Morgan fingerprint density at radius 1 is 1.05 bits per heavy atom. The molecule has 192 valence electrons. The van der Waals surface area contributed by atoms with E-state index in [-0.39, 0.29) is 22.2 Å². The van der Waals surface area contributed by atoms with Gasteiger partial charge in [-0.15, -0.1) is 10.2 Å². The van der Waals surface area contributed by atoms with E-state index in [1.807, 2.05) is 0 Å². The minimum absolute atomic E-state index is 0.0396. The quantitative estimate of drug-likeness (QED) is 0.383. The number of aromatic nitrogens is 4. The first-order valence-electron chi connectivity index (χ1n) is 11.9. The molecular weight excluding hydrogens is 497 g/mol. The Morgan fingerprint density at radius 2 is 1.78 bits per heavy atom. The van der Waals surface area contributed by atoms with Gasteiger partial charge in [0.05, 0.1) is 33.3 Å². The van der Waals surface area contributed by atoms with E-state index in [2.05, 4.69) is 25.5 Å². The highest BCUT2D eigenvalue weighted by molar-refractivity contribution is 7.92. The van der Waals surface area contributed by atoms with Crippen LogP contribution in [0.5, 0.6) is 0 Å². The van der Waals surface area contributed by atoms with Crippen LogP contribution >= 0.6 is 0 Å². The summed E-state index contributed by atoms with van der Waals surface area (Å²) in [5.74, 6) is -0.313. The summed E-state index contributed by atoms with van der Waals surface area (Å²) in [4.78, 5) is 9.31. The number of ether oxygens (including phenoxy) is 1. The van der Waals surface area contributed by atoms with Crippen LogP contribution in [0.4, 0.5) is 4.39 Å². The standard InChI is InChI=1S/C26H26FN5O4S/c1-16-24(26-32-31-25(36-26)21-8-3-17(14-28-2)13-22(21)27)30-23(15-29-16)18-4-6-19(7-5-18)37(33,34)20-9-11-35-12-10-20/h3-8,13,15,20,28H,9-12,14H2,1-2H3. The van der Waals surface area contributed by atoms with Gasteiger partial charge < -0.3 is 14.5 Å². The molecule has 0 radical (unpaired) electrons. The summed E-state index contributed by atoms with van der Waals surface area (Å²) in [6, 6.07) is 11.4. The fourth-order valence-corrected chi connectivity index (χ4v) is 5.97. The fourth-order valence-electron chi connectivity index (χ4n) is 4.26. The Morgan fingerprint density at radius 3 is 2.49 bits per heavy atom. The summed E-state index contributed by atoms with van der Waals surface area (Å²) in [5.41, 5.74) is 3.11. The molecule has 5 rings (SSSR count). The molecule has 11 heteroatoms. The van der Waals surface area contributed by atoms with Gasteiger partial charge in [-0.3, -0.25) is 4.98 Å². The largest absolute Gasteiger partial charge is 0.414 e. The van der Waals surface area contributed by atoms with Crippen molar-refractivity contribution in [2.45, 2.75) is 36.5 Å². The first kappa shape index (κ1) is 25.1. The summed E-state index contributed by atoms with van der Waals surface area (Å²) in [6.07, 6.45) is 2.58. The average molecular weight is 524 g/mol. The van der Waals surface area contributed by atoms with Crippen LogP contribution in [-0.4, -0.2) is 54.1 Å². The molecule has 9 nitrogen and oxygen atoms in total. The van der Waals surface area contributed by atoms with Gasteiger partial charge in [0.2, 0.25) is 0 Å². The van der Waals surface area contributed by atoms with Crippen LogP contribution in [0, 0.1) is 12.7 Å². The Kier molecular flexibility index (Phi) is 7.09. The summed E-state index contributed by atoms with van der Waals surface area (Å²) < 4.78 is 51.6. The maximum atomic E-state index is 14.6. The number of halogens is 1. The normalized spacial score (nSPS) is 14.7. The van der Waals surface area contributed by atoms with Gasteiger partial charge >= 0.3 is 0 Å². The summed E-state index contributed by atoms with van der Waals surface area (Å²) in [5, 5.41) is 10.6. The maximum Gasteiger partial charge on any atom is 0.268 e. The molecule has 4 aromatic rings. The Balaban J connectivity index is 1.41. The summed E-state index contributed by atoms with van der Waals surface area (Å²) in [6.45, 7) is 3.20. The molecule has 1 saturated heterocycles. The van der Waals surface area contributed by atoms with Crippen LogP contribution in [0.1, 0.15) is 24.1 Å². The smallest absolute Gasteiger partial charge is 0.268 e. The van der Waals surface area contributed by atoms with Gasteiger partial charge in [-0.25, -0.2) is 17.8 Å². The van der Waals surface area contributed by atoms with Gasteiger partial charge in [0.25, 0.3) is 11.8 Å². The third-order valence-electron chi connectivity index (χ3n) is 6.31. The lowest BCUT2D eigenvalue weighted by Gasteiger charge is -2.22. The number of hydrogen-bond donors (Lipinski definition) is 1. The van der Waals surface area contributed by atoms with E-state index in [0.29, 0.717) is 55.2 Å². The molecule has 0 amide bonds. The molecular formula is C26H26FN5O4S. The third kappa shape index (κ3) is 5.15. The molecule has 1 aliphatic heterocycles. The molecule has 1 fully saturated rings. The number of nitrogens with one attached hydrogen (secondary N) is 1. The van der Waals surface area contributed by atoms with Gasteiger partial charge in [-0.1, -0.05) is 18.2 Å². The summed E-state index contributed by atoms with van der Waals surface area (Å²) >= 11 is 0. The molecule has 0 atom stereocenters. The van der Waals surface area contributed by atoms with Crippen molar-refractivity contribution >= 4 is 9.84 Å². The number of benzene rings is 2. The van der Waals surface area contributed by atoms with Gasteiger partial charge in [-0.05, 0) is 56.6 Å². The predicted octanol–water partition coefficient (Wildman–Crippen LogP) is 3.98. The zero-order valence-electron chi connectivity index (χ0n) is 20.4. The van der Waals surface area contributed by atoms with Crippen LogP contribution in [0.2, 0.25) is 0 Å². The number of aryl methyl sites for hydroxylation is 1. The highest BCUT2D eigenvalue weighted by Gasteiger charge is 2.29. The van der Waals surface area contributed by atoms with Crippen molar-refractivity contribution in [3.05, 3.63) is 65.7 Å². The molecule has 0 bridgehead atoms. The topological polar surface area (TPSA) is 120 Å². The Hall–Kier alpha value is -3.54. The van der Waals surface area contributed by atoms with Gasteiger partial charge in [0.1, 0.15) is 11.5 Å². The van der Waals surface area contributed by atoms with Crippen molar-refractivity contribution in [1.82, 2.24) is 25.5 Å². The van der Waals surface area contributed by atoms with Crippen LogP contribution in [-0.2, 0) is 21.1 Å². The Bertz CT molecular complexity index is 1520. The van der Waals surface area contributed by atoms with Gasteiger partial charge in [-0.2, -0.15) is 0 Å². The van der Waals surface area contributed by atoms with Crippen LogP contribution in [0.25, 0.3) is 34.3 Å². The second-order valence-corrected chi connectivity index (χ2v) is 11.1. The van der Waals surface area contributed by atoms with Gasteiger partial charge in [0.15, 0.2) is 9.84 Å². The maximum absolute atomic E-state index is 14.6. The van der Waals surface area contributed by atoms with E-state index >= 15 is 0 Å². The zero-order valence-corrected chi connectivity index (χ0v) is 21.3. The highest BCUT2D eigenvalue weighted by Crippen LogP contribution is 2.29. The number of nitrogens with zero attached hydrogens (tertiary/aromatic N) is 4. The molecule has 1 aliphatic rings. The second kappa shape index (κ2) is 10.4. The molecule has 2 aromatic heterocycles. The van der Waals surface area contributed by atoms with E-state index in [0.717, 1.165) is 5.56 Å². The second-order valence-electron chi connectivity index (χ2n) is 8.83. The van der Waals surface area contributed by atoms with Crippen molar-refractivity contribution in [2.24, 2.45) is 0 Å². The van der Waals surface area contributed by atoms with Crippen LogP contribution in [0.3, 0.4) is 0 Å². The fraction of sp³-hybridized carbons (Fsp3) is 0.308. The molecule has 0 spiro atoms. The SMILES string of the molecule is CNCc1ccc(-c2nnc(-c3nc(-c4ccc(S(=O)(=O)C5CCOCC5)cc4)cnc3C)o2)c(F)c1. The van der Waals surface area contributed by atoms with Crippen molar-refractivity contribution in [3.63, 3.8) is 0 Å². The van der Waals surface area contributed by atoms with E-state index in [1.165, 1.54) is 6.07 Å². The lowest BCUT2D eigenvalue weighted by molar-refractivity contribution is 0.0983. The third-order valence-corrected chi connectivity index (χ3v) is 8.59. The zero-order chi connectivity index (χ0) is 26.0. The van der Waals surface area contributed by atoms with Crippen molar-refractivity contribution in [3.8, 4) is 34.3 Å². The van der Waals surface area contributed by atoms with E-state index in [9.17, 15) is 12.8 Å². The monoisotopic (exact) mass is 523 g/mol. The lowest BCUT2D eigenvalue weighted by Crippen LogP contribution is -2.28. The highest BCUT2D eigenvalue weighted by atomic mass is 32.2. The van der Waals surface area contributed by atoms with Crippen molar-refractivity contribution in [1.29, 1.82) is 0 Å². The summed E-state index contributed by atoms with van der Waals surface area (Å²) in [7, 11) is -1.65. The van der Waals surface area contributed by atoms with Crippen LogP contribution < -0.4 is 5.32 Å². The predicted molar refractivity (Wildman–Crippen MR) is 135 cm³/mol. The first-order valence-corrected chi connectivity index (χ1v) is 13.4. The van der Waals surface area contributed by atoms with Gasteiger partial charge in [0, 0.05) is 25.3 Å². The minimum Gasteiger partial charge on any atom is -0.414 e. The van der Waals surface area contributed by atoms with Crippen molar-refractivity contribution < 1.29 is 22.0 Å². The molecule has 0 aliphatic carbocycles. The minimum atomic E-state index is -3.44. The molecule has 0 saturated carbocycles. The van der Waals surface area contributed by atoms with Crippen LogP contribution in [0.15, 0.2) is 58.0 Å². The lowest BCUT2D eigenvalue weighted by atomic mass is 10.1. The number of hydrogen-bond acceptors (Lipinski definition) is 9. The van der Waals surface area contributed by atoms with E-state index in [4.69, 9.17) is 9.15 Å². The number of rotatable bonds is 7. The molecule has 3 heterocycles. The van der Waals surface area contributed by atoms with E-state index in [1.54, 1.807) is 56.6 Å². The molecule has 0 unspecified atom stereocenters. The van der Waals surface area contributed by atoms with Crippen molar-refractivity contribution in [2.75, 3.05) is 20.3 Å². The molecule has 1 N–H and O–H groups in total. The average Bonchev–Trinajstić information content (AvgIpc) is 3.39.